The molecule has 170 valence electrons. The van der Waals surface area contributed by atoms with Crippen molar-refractivity contribution < 1.29 is 14.3 Å². The maximum atomic E-state index is 12.8. The van der Waals surface area contributed by atoms with Crippen molar-refractivity contribution in [3.05, 3.63) is 83.4 Å². The molecule has 1 aliphatic rings. The summed E-state index contributed by atoms with van der Waals surface area (Å²) in [5.41, 5.74) is 2.62. The molecule has 1 aliphatic heterocycles. The van der Waals surface area contributed by atoms with Crippen molar-refractivity contribution in [1.29, 1.82) is 0 Å². The molecule has 1 fully saturated rings. The minimum atomic E-state index is -0.439. The van der Waals surface area contributed by atoms with E-state index < -0.39 is 5.92 Å². The van der Waals surface area contributed by atoms with Crippen LogP contribution < -0.4 is 15.0 Å². The summed E-state index contributed by atoms with van der Waals surface area (Å²) in [7, 11) is 0. The van der Waals surface area contributed by atoms with Gasteiger partial charge in [0.1, 0.15) is 11.5 Å². The maximum Gasteiger partial charge on any atom is 0.229 e. The highest BCUT2D eigenvalue weighted by Gasteiger charge is 2.35. The molecule has 1 atom stereocenters. The summed E-state index contributed by atoms with van der Waals surface area (Å²) in [5.74, 6) is 0.696. The first-order valence-corrected chi connectivity index (χ1v) is 11.3. The molecule has 4 rings (SSSR count). The molecule has 1 N–H and O–H groups in total. The van der Waals surface area contributed by atoms with E-state index in [0.29, 0.717) is 28.7 Å². The number of para-hydroxylation sites is 1. The fourth-order valence-electron chi connectivity index (χ4n) is 3.80. The first-order valence-electron chi connectivity index (χ1n) is 10.9. The lowest BCUT2D eigenvalue weighted by atomic mass is 9.87. The van der Waals surface area contributed by atoms with Gasteiger partial charge in [-0.3, -0.25) is 9.59 Å². The van der Waals surface area contributed by atoms with Crippen molar-refractivity contribution in [1.82, 2.24) is 0 Å². The molecule has 5 nitrogen and oxygen atoms in total. The number of hydrogen-bond donors (Lipinski definition) is 1. The largest absolute Gasteiger partial charge is 0.457 e. The van der Waals surface area contributed by atoms with Crippen molar-refractivity contribution in [2.75, 3.05) is 16.8 Å². The summed E-state index contributed by atoms with van der Waals surface area (Å²) in [6.07, 6.45) is 0.156. The number of amides is 2. The summed E-state index contributed by atoms with van der Waals surface area (Å²) >= 11 is 6.22. The van der Waals surface area contributed by atoms with Gasteiger partial charge in [0, 0.05) is 18.7 Å². The van der Waals surface area contributed by atoms with Crippen LogP contribution in [0.25, 0.3) is 0 Å². The van der Waals surface area contributed by atoms with Gasteiger partial charge in [-0.15, -0.1) is 0 Å². The molecular formula is C27H27ClN2O3. The summed E-state index contributed by atoms with van der Waals surface area (Å²) in [5, 5.41) is 3.40. The lowest BCUT2D eigenvalue weighted by Gasteiger charge is -2.19. The first-order chi connectivity index (χ1) is 15.7. The van der Waals surface area contributed by atoms with Gasteiger partial charge in [-0.05, 0) is 59.5 Å². The summed E-state index contributed by atoms with van der Waals surface area (Å²) in [6, 6.07) is 22.4. The molecule has 6 heteroatoms. The zero-order chi connectivity index (χ0) is 23.6. The van der Waals surface area contributed by atoms with Crippen molar-refractivity contribution in [2.24, 2.45) is 5.92 Å². The van der Waals surface area contributed by atoms with Crippen molar-refractivity contribution in [2.45, 2.75) is 32.6 Å². The third-order valence-electron chi connectivity index (χ3n) is 5.72. The lowest BCUT2D eigenvalue weighted by Crippen LogP contribution is -2.28. The molecule has 1 saturated heterocycles. The van der Waals surface area contributed by atoms with Crippen molar-refractivity contribution in [3.8, 4) is 11.5 Å². The van der Waals surface area contributed by atoms with Crippen LogP contribution in [-0.4, -0.2) is 18.4 Å². The zero-order valence-corrected chi connectivity index (χ0v) is 19.7. The second-order valence-corrected chi connectivity index (χ2v) is 9.65. The van der Waals surface area contributed by atoms with E-state index in [9.17, 15) is 9.59 Å². The van der Waals surface area contributed by atoms with E-state index in [1.807, 2.05) is 36.4 Å². The Morgan fingerprint density at radius 3 is 2.18 bits per heavy atom. The monoisotopic (exact) mass is 462 g/mol. The molecule has 2 amide bonds. The number of hydrogen-bond acceptors (Lipinski definition) is 3. The first kappa shape index (κ1) is 22.9. The number of anilines is 2. The number of halogens is 1. The Kier molecular flexibility index (Phi) is 6.43. The second-order valence-electron chi connectivity index (χ2n) is 9.25. The number of nitrogens with zero attached hydrogens (tertiary/aromatic N) is 1. The molecule has 3 aromatic carbocycles. The van der Waals surface area contributed by atoms with E-state index >= 15 is 0 Å². The van der Waals surface area contributed by atoms with Gasteiger partial charge in [-0.25, -0.2) is 0 Å². The minimum Gasteiger partial charge on any atom is -0.457 e. The fourth-order valence-corrected chi connectivity index (χ4v) is 4.03. The van der Waals surface area contributed by atoms with Crippen LogP contribution in [0.4, 0.5) is 11.4 Å². The molecule has 0 bridgehead atoms. The quantitative estimate of drug-likeness (QED) is 0.475. The predicted octanol–water partition coefficient (Wildman–Crippen LogP) is 6.42. The predicted molar refractivity (Wildman–Crippen MR) is 132 cm³/mol. The molecule has 33 heavy (non-hydrogen) atoms. The average molecular weight is 463 g/mol. The van der Waals surface area contributed by atoms with Crippen LogP contribution >= 0.6 is 11.6 Å². The van der Waals surface area contributed by atoms with Crippen LogP contribution in [0, 0.1) is 5.92 Å². The van der Waals surface area contributed by atoms with E-state index in [1.54, 1.807) is 29.2 Å². The summed E-state index contributed by atoms with van der Waals surface area (Å²) < 4.78 is 5.92. The van der Waals surface area contributed by atoms with E-state index in [2.05, 4.69) is 38.2 Å². The molecule has 3 aromatic rings. The maximum absolute atomic E-state index is 12.8. The Hall–Kier alpha value is -3.31. The summed E-state index contributed by atoms with van der Waals surface area (Å²) in [4.78, 5) is 26.8. The van der Waals surface area contributed by atoms with Crippen molar-refractivity contribution in [3.63, 3.8) is 0 Å². The van der Waals surface area contributed by atoms with Crippen LogP contribution in [0.1, 0.15) is 32.8 Å². The van der Waals surface area contributed by atoms with Crippen LogP contribution in [0.5, 0.6) is 11.5 Å². The van der Waals surface area contributed by atoms with Crippen LogP contribution in [-0.2, 0) is 15.0 Å². The normalized spacial score (nSPS) is 16.1. The molecule has 0 saturated carbocycles. The third-order valence-corrected chi connectivity index (χ3v) is 6.04. The van der Waals surface area contributed by atoms with Gasteiger partial charge >= 0.3 is 0 Å². The van der Waals surface area contributed by atoms with Crippen molar-refractivity contribution >= 4 is 34.8 Å². The molecule has 0 spiro atoms. The highest BCUT2D eigenvalue weighted by molar-refractivity contribution is 6.33. The summed E-state index contributed by atoms with van der Waals surface area (Å²) in [6.45, 7) is 6.82. The Bertz CT molecular complexity index is 1150. The van der Waals surface area contributed by atoms with Gasteiger partial charge in [0.2, 0.25) is 11.8 Å². The number of carbonyl (C=O) groups excluding carboxylic acids is 2. The van der Waals surface area contributed by atoms with Gasteiger partial charge in [0.15, 0.2) is 0 Å². The van der Waals surface area contributed by atoms with Gasteiger partial charge in [-0.2, -0.15) is 0 Å². The SMILES string of the molecule is CC(C)(C)c1ccc(Oc2ccc(NC(=O)[C@@H]3CC(=O)N(c4ccccc4Cl)C3)cc2)cc1. The molecule has 0 aromatic heterocycles. The number of rotatable bonds is 5. The minimum absolute atomic E-state index is 0.0900. The van der Waals surface area contributed by atoms with Crippen LogP contribution in [0.2, 0.25) is 5.02 Å². The standard InChI is InChI=1S/C27H27ClN2O3/c1-27(2,3)19-8-12-21(13-9-19)33-22-14-10-20(11-15-22)29-26(32)18-16-25(31)30(17-18)24-7-5-4-6-23(24)28/h4-15,18H,16-17H2,1-3H3,(H,29,32)/t18-/m1/s1. The van der Waals surface area contributed by atoms with Gasteiger partial charge in [-0.1, -0.05) is 56.6 Å². The average Bonchev–Trinajstić information content (AvgIpc) is 3.17. The number of benzene rings is 3. The van der Waals surface area contributed by atoms with E-state index in [1.165, 1.54) is 5.56 Å². The molecule has 0 unspecified atom stereocenters. The smallest absolute Gasteiger partial charge is 0.229 e. The topological polar surface area (TPSA) is 58.6 Å². The molecule has 0 radical (unpaired) electrons. The number of carbonyl (C=O) groups is 2. The number of ether oxygens (including phenoxy) is 1. The van der Waals surface area contributed by atoms with Crippen LogP contribution in [0.3, 0.4) is 0 Å². The highest BCUT2D eigenvalue weighted by Crippen LogP contribution is 2.32. The molecule has 1 heterocycles. The lowest BCUT2D eigenvalue weighted by molar-refractivity contribution is -0.122. The van der Waals surface area contributed by atoms with E-state index in [4.69, 9.17) is 16.3 Å². The van der Waals surface area contributed by atoms with Gasteiger partial charge in [0.25, 0.3) is 0 Å². The van der Waals surface area contributed by atoms with Crippen LogP contribution in [0.15, 0.2) is 72.8 Å². The molecule has 0 aliphatic carbocycles. The third kappa shape index (κ3) is 5.37. The van der Waals surface area contributed by atoms with Gasteiger partial charge < -0.3 is 15.0 Å². The van der Waals surface area contributed by atoms with E-state index in [-0.39, 0.29) is 23.7 Å². The Morgan fingerprint density at radius 1 is 0.970 bits per heavy atom. The second kappa shape index (κ2) is 9.28. The Balaban J connectivity index is 1.36. The van der Waals surface area contributed by atoms with Gasteiger partial charge in [0.05, 0.1) is 16.6 Å². The Labute approximate surface area is 199 Å². The Morgan fingerprint density at radius 2 is 1.58 bits per heavy atom. The molecular weight excluding hydrogens is 436 g/mol. The highest BCUT2D eigenvalue weighted by atomic mass is 35.5. The zero-order valence-electron chi connectivity index (χ0n) is 19.0. The fraction of sp³-hybridized carbons (Fsp3) is 0.259. The number of nitrogens with one attached hydrogen (secondary N) is 1. The van der Waals surface area contributed by atoms with E-state index in [0.717, 1.165) is 5.75 Å².